The predicted octanol–water partition coefficient (Wildman–Crippen LogP) is 2.83. The van der Waals surface area contributed by atoms with E-state index in [-0.39, 0.29) is 5.82 Å². The standard InChI is InChI=1S/C12H18FNO/c1-9(8-15-3)7-14-12-6-11(13)5-4-10(12)2/h4-6,9,14H,7-8H2,1-3H3. The maximum atomic E-state index is 13.0. The van der Waals surface area contributed by atoms with Gasteiger partial charge in [-0.05, 0) is 30.5 Å². The molecule has 1 unspecified atom stereocenters. The molecule has 1 aromatic carbocycles. The van der Waals surface area contributed by atoms with E-state index in [1.807, 2.05) is 6.92 Å². The van der Waals surface area contributed by atoms with Crippen LogP contribution in [0.25, 0.3) is 0 Å². The Balaban J connectivity index is 2.53. The van der Waals surface area contributed by atoms with Crippen LogP contribution in [0, 0.1) is 18.7 Å². The minimum absolute atomic E-state index is 0.206. The first kappa shape index (κ1) is 12.0. The molecule has 84 valence electrons. The number of halogens is 1. The van der Waals surface area contributed by atoms with Crippen molar-refractivity contribution in [2.45, 2.75) is 13.8 Å². The molecular weight excluding hydrogens is 193 g/mol. The highest BCUT2D eigenvalue weighted by molar-refractivity contribution is 5.50. The van der Waals surface area contributed by atoms with Crippen molar-refractivity contribution in [2.75, 3.05) is 25.6 Å². The molecule has 1 rings (SSSR count). The second kappa shape index (κ2) is 5.71. The zero-order valence-electron chi connectivity index (χ0n) is 9.51. The molecule has 2 nitrogen and oxygen atoms in total. The molecule has 0 fully saturated rings. The summed E-state index contributed by atoms with van der Waals surface area (Å²) < 4.78 is 18.0. The van der Waals surface area contributed by atoms with Gasteiger partial charge in [-0.3, -0.25) is 0 Å². The SMILES string of the molecule is COCC(C)CNc1cc(F)ccc1C. The van der Waals surface area contributed by atoms with Crippen molar-refractivity contribution in [2.24, 2.45) is 5.92 Å². The Morgan fingerprint density at radius 3 is 2.87 bits per heavy atom. The number of hydrogen-bond donors (Lipinski definition) is 1. The molecule has 0 aliphatic heterocycles. The molecule has 3 heteroatoms. The average Bonchev–Trinajstić information content (AvgIpc) is 2.20. The molecule has 15 heavy (non-hydrogen) atoms. The summed E-state index contributed by atoms with van der Waals surface area (Å²) in [5, 5.41) is 3.22. The van der Waals surface area contributed by atoms with Crippen molar-refractivity contribution >= 4 is 5.69 Å². The minimum Gasteiger partial charge on any atom is -0.384 e. The fourth-order valence-corrected chi connectivity index (χ4v) is 1.41. The quantitative estimate of drug-likeness (QED) is 0.808. The van der Waals surface area contributed by atoms with Gasteiger partial charge in [0.1, 0.15) is 5.82 Å². The Bertz CT molecular complexity index is 314. The highest BCUT2D eigenvalue weighted by Gasteiger charge is 2.03. The topological polar surface area (TPSA) is 21.3 Å². The van der Waals surface area contributed by atoms with E-state index in [0.29, 0.717) is 12.5 Å². The Kier molecular flexibility index (Phi) is 4.56. The van der Waals surface area contributed by atoms with Crippen LogP contribution in [0.2, 0.25) is 0 Å². The number of ether oxygens (including phenoxy) is 1. The molecule has 0 saturated carbocycles. The van der Waals surface area contributed by atoms with Crippen molar-refractivity contribution in [3.63, 3.8) is 0 Å². The van der Waals surface area contributed by atoms with Gasteiger partial charge in [0, 0.05) is 19.3 Å². The van der Waals surface area contributed by atoms with Crippen molar-refractivity contribution < 1.29 is 9.13 Å². The Labute approximate surface area is 90.4 Å². The number of methoxy groups -OCH3 is 1. The van der Waals surface area contributed by atoms with Crippen LogP contribution < -0.4 is 5.32 Å². The maximum Gasteiger partial charge on any atom is 0.125 e. The monoisotopic (exact) mass is 211 g/mol. The van der Waals surface area contributed by atoms with Gasteiger partial charge in [-0.2, -0.15) is 0 Å². The summed E-state index contributed by atoms with van der Waals surface area (Å²) in [6.07, 6.45) is 0. The van der Waals surface area contributed by atoms with Crippen molar-refractivity contribution in [1.29, 1.82) is 0 Å². The summed E-state index contributed by atoms with van der Waals surface area (Å²) in [6, 6.07) is 4.77. The predicted molar refractivity (Wildman–Crippen MR) is 60.7 cm³/mol. The lowest BCUT2D eigenvalue weighted by molar-refractivity contribution is 0.164. The molecule has 0 aromatic heterocycles. The van der Waals surface area contributed by atoms with Crippen molar-refractivity contribution in [3.05, 3.63) is 29.6 Å². The van der Waals surface area contributed by atoms with Crippen LogP contribution in [0.5, 0.6) is 0 Å². The lowest BCUT2D eigenvalue weighted by atomic mass is 10.1. The van der Waals surface area contributed by atoms with E-state index in [0.717, 1.165) is 17.8 Å². The van der Waals surface area contributed by atoms with E-state index in [1.54, 1.807) is 13.2 Å². The van der Waals surface area contributed by atoms with E-state index >= 15 is 0 Å². The first-order valence-corrected chi connectivity index (χ1v) is 5.12. The van der Waals surface area contributed by atoms with E-state index in [4.69, 9.17) is 4.74 Å². The minimum atomic E-state index is -0.206. The maximum absolute atomic E-state index is 13.0. The summed E-state index contributed by atoms with van der Waals surface area (Å²) >= 11 is 0. The van der Waals surface area contributed by atoms with Gasteiger partial charge >= 0.3 is 0 Å². The molecule has 1 atom stereocenters. The van der Waals surface area contributed by atoms with E-state index in [1.165, 1.54) is 12.1 Å². The van der Waals surface area contributed by atoms with Gasteiger partial charge in [-0.1, -0.05) is 13.0 Å². The largest absolute Gasteiger partial charge is 0.384 e. The molecular formula is C12H18FNO. The van der Waals surface area contributed by atoms with Crippen LogP contribution in [0.15, 0.2) is 18.2 Å². The van der Waals surface area contributed by atoms with E-state index < -0.39 is 0 Å². The van der Waals surface area contributed by atoms with Crippen LogP contribution >= 0.6 is 0 Å². The molecule has 0 heterocycles. The highest BCUT2D eigenvalue weighted by atomic mass is 19.1. The number of benzene rings is 1. The first-order valence-electron chi connectivity index (χ1n) is 5.12. The number of rotatable bonds is 5. The first-order chi connectivity index (χ1) is 7.13. The fourth-order valence-electron chi connectivity index (χ4n) is 1.41. The number of nitrogens with one attached hydrogen (secondary N) is 1. The molecule has 1 N–H and O–H groups in total. The molecule has 0 radical (unpaired) electrons. The molecule has 1 aromatic rings. The Morgan fingerprint density at radius 1 is 1.47 bits per heavy atom. The van der Waals surface area contributed by atoms with Gasteiger partial charge < -0.3 is 10.1 Å². The highest BCUT2D eigenvalue weighted by Crippen LogP contribution is 2.16. The molecule has 0 aliphatic carbocycles. The molecule has 0 spiro atoms. The number of aryl methyl sites for hydroxylation is 1. The Hall–Kier alpha value is -1.09. The normalized spacial score (nSPS) is 12.5. The summed E-state index contributed by atoms with van der Waals surface area (Å²) in [4.78, 5) is 0. The van der Waals surface area contributed by atoms with E-state index in [9.17, 15) is 4.39 Å². The van der Waals surface area contributed by atoms with Gasteiger partial charge in [0.05, 0.1) is 6.61 Å². The third-order valence-corrected chi connectivity index (χ3v) is 2.29. The van der Waals surface area contributed by atoms with Crippen LogP contribution in [0.1, 0.15) is 12.5 Å². The second-order valence-corrected chi connectivity index (χ2v) is 3.90. The lowest BCUT2D eigenvalue weighted by Gasteiger charge is -2.14. The Morgan fingerprint density at radius 2 is 2.20 bits per heavy atom. The van der Waals surface area contributed by atoms with Crippen molar-refractivity contribution in [1.82, 2.24) is 0 Å². The number of hydrogen-bond acceptors (Lipinski definition) is 2. The van der Waals surface area contributed by atoms with Gasteiger partial charge in [0.2, 0.25) is 0 Å². The second-order valence-electron chi connectivity index (χ2n) is 3.90. The van der Waals surface area contributed by atoms with Crippen LogP contribution in [0.4, 0.5) is 10.1 Å². The van der Waals surface area contributed by atoms with E-state index in [2.05, 4.69) is 12.2 Å². The lowest BCUT2D eigenvalue weighted by Crippen LogP contribution is -2.16. The smallest absolute Gasteiger partial charge is 0.125 e. The molecule has 0 aliphatic rings. The van der Waals surface area contributed by atoms with Crippen LogP contribution in [0.3, 0.4) is 0 Å². The summed E-state index contributed by atoms with van der Waals surface area (Å²) in [5.74, 6) is 0.208. The average molecular weight is 211 g/mol. The van der Waals surface area contributed by atoms with Gasteiger partial charge in [0.15, 0.2) is 0 Å². The zero-order chi connectivity index (χ0) is 11.3. The van der Waals surface area contributed by atoms with Crippen LogP contribution in [-0.4, -0.2) is 20.3 Å². The van der Waals surface area contributed by atoms with Crippen LogP contribution in [-0.2, 0) is 4.74 Å². The third-order valence-electron chi connectivity index (χ3n) is 2.29. The van der Waals surface area contributed by atoms with Gasteiger partial charge in [0.25, 0.3) is 0 Å². The summed E-state index contributed by atoms with van der Waals surface area (Å²) in [7, 11) is 1.68. The third kappa shape index (κ3) is 3.88. The zero-order valence-corrected chi connectivity index (χ0v) is 9.51. The molecule has 0 saturated heterocycles. The summed E-state index contributed by atoms with van der Waals surface area (Å²) in [5.41, 5.74) is 1.92. The molecule has 0 amide bonds. The van der Waals surface area contributed by atoms with Crippen molar-refractivity contribution in [3.8, 4) is 0 Å². The number of anilines is 1. The fraction of sp³-hybridized carbons (Fsp3) is 0.500. The van der Waals surface area contributed by atoms with Gasteiger partial charge in [-0.25, -0.2) is 4.39 Å². The summed E-state index contributed by atoms with van der Waals surface area (Å²) in [6.45, 7) is 5.55. The van der Waals surface area contributed by atoms with Gasteiger partial charge in [-0.15, -0.1) is 0 Å². The molecule has 0 bridgehead atoms.